The van der Waals surface area contributed by atoms with E-state index in [0.29, 0.717) is 22.4 Å². The highest BCUT2D eigenvalue weighted by molar-refractivity contribution is 6.62. The van der Waals surface area contributed by atoms with E-state index in [1.54, 1.807) is 31.2 Å². The molecule has 0 aliphatic carbocycles. The topological polar surface area (TPSA) is 45.5 Å². The lowest BCUT2D eigenvalue weighted by atomic mass is 9.78. The fraction of sp³-hybridized carbons (Fsp3) is 0.409. The molecular formula is C22H24BF3N2O3. The van der Waals surface area contributed by atoms with Gasteiger partial charge in [-0.2, -0.15) is 8.78 Å². The fourth-order valence-electron chi connectivity index (χ4n) is 3.65. The molecule has 31 heavy (non-hydrogen) atoms. The number of hydrogen-bond acceptors (Lipinski definition) is 4. The highest BCUT2D eigenvalue weighted by atomic mass is 19.3. The Morgan fingerprint density at radius 3 is 2.39 bits per heavy atom. The SMILES string of the molecule is Cc1nc2cc(F)c(B3OC(C)(C)C(C)(C)O3)cc2n1Cc1ccccc1OC(F)F. The molecule has 4 rings (SSSR count). The number of alkyl halides is 2. The molecule has 0 atom stereocenters. The number of nitrogens with zero attached hydrogens (tertiary/aromatic N) is 2. The standard InChI is InChI=1S/C22H24BF3N2O3/c1-13-27-17-11-16(24)15(23-30-21(2,3)22(4,5)31-23)10-18(17)28(13)12-14-8-6-7-9-19(14)29-20(25)26/h6-11,20H,12H2,1-5H3. The zero-order valence-electron chi connectivity index (χ0n) is 18.1. The zero-order valence-corrected chi connectivity index (χ0v) is 18.1. The summed E-state index contributed by atoms with van der Waals surface area (Å²) in [6.45, 7) is 6.69. The first kappa shape index (κ1) is 21.7. The molecule has 0 amide bonds. The van der Waals surface area contributed by atoms with Crippen LogP contribution in [0.25, 0.3) is 11.0 Å². The van der Waals surface area contributed by atoms with Crippen LogP contribution in [0.3, 0.4) is 0 Å². The molecular weight excluding hydrogens is 408 g/mol. The lowest BCUT2D eigenvalue weighted by molar-refractivity contribution is -0.0504. The van der Waals surface area contributed by atoms with Crippen molar-refractivity contribution in [2.24, 2.45) is 0 Å². The summed E-state index contributed by atoms with van der Waals surface area (Å²) in [5, 5.41) is 0. The Kier molecular flexibility index (Phi) is 5.30. The van der Waals surface area contributed by atoms with Crippen LogP contribution in [0, 0.1) is 12.7 Å². The first-order chi connectivity index (χ1) is 14.5. The quantitative estimate of drug-likeness (QED) is 0.560. The Morgan fingerprint density at radius 2 is 1.74 bits per heavy atom. The molecule has 1 aliphatic heterocycles. The van der Waals surface area contributed by atoms with Crippen LogP contribution < -0.4 is 10.2 Å². The van der Waals surface area contributed by atoms with Gasteiger partial charge < -0.3 is 18.6 Å². The number of aromatic nitrogens is 2. The van der Waals surface area contributed by atoms with Crippen molar-refractivity contribution >= 4 is 23.6 Å². The largest absolute Gasteiger partial charge is 0.497 e. The van der Waals surface area contributed by atoms with Gasteiger partial charge in [0.2, 0.25) is 0 Å². The van der Waals surface area contributed by atoms with Crippen LogP contribution in [-0.2, 0) is 15.9 Å². The Morgan fingerprint density at radius 1 is 1.10 bits per heavy atom. The predicted octanol–water partition coefficient (Wildman–Crippen LogP) is 4.43. The molecule has 3 aromatic rings. The van der Waals surface area contributed by atoms with Crippen molar-refractivity contribution in [3.63, 3.8) is 0 Å². The molecule has 2 heterocycles. The molecule has 9 heteroatoms. The van der Waals surface area contributed by atoms with Crippen molar-refractivity contribution in [2.75, 3.05) is 0 Å². The lowest BCUT2D eigenvalue weighted by Crippen LogP contribution is -2.41. The number of halogens is 3. The van der Waals surface area contributed by atoms with Crippen molar-refractivity contribution in [1.82, 2.24) is 9.55 Å². The van der Waals surface area contributed by atoms with E-state index in [1.165, 1.54) is 12.1 Å². The van der Waals surface area contributed by atoms with Crippen LogP contribution in [0.4, 0.5) is 13.2 Å². The normalized spacial score (nSPS) is 17.6. The molecule has 0 spiro atoms. The van der Waals surface area contributed by atoms with Crippen molar-refractivity contribution < 1.29 is 27.2 Å². The molecule has 0 saturated carbocycles. The third kappa shape index (κ3) is 3.92. The Balaban J connectivity index is 1.75. The average Bonchev–Trinajstić information content (AvgIpc) is 3.06. The van der Waals surface area contributed by atoms with E-state index >= 15 is 0 Å². The van der Waals surface area contributed by atoms with E-state index in [4.69, 9.17) is 9.31 Å². The second kappa shape index (κ2) is 7.56. The Labute approximate surface area is 179 Å². The number of aryl methyl sites for hydroxylation is 1. The van der Waals surface area contributed by atoms with Gasteiger partial charge in [0, 0.05) is 17.1 Å². The Hall–Kier alpha value is -2.52. The van der Waals surface area contributed by atoms with Gasteiger partial charge in [-0.15, -0.1) is 0 Å². The van der Waals surface area contributed by atoms with E-state index < -0.39 is 30.7 Å². The smallest absolute Gasteiger partial charge is 0.434 e. The molecule has 1 fully saturated rings. The minimum atomic E-state index is -2.93. The summed E-state index contributed by atoms with van der Waals surface area (Å²) in [6.07, 6.45) is 0. The summed E-state index contributed by atoms with van der Waals surface area (Å²) in [6, 6.07) is 9.58. The molecule has 164 valence electrons. The van der Waals surface area contributed by atoms with Gasteiger partial charge in [-0.1, -0.05) is 18.2 Å². The van der Waals surface area contributed by atoms with Crippen LogP contribution in [0.15, 0.2) is 36.4 Å². The number of rotatable bonds is 5. The van der Waals surface area contributed by atoms with E-state index in [9.17, 15) is 13.2 Å². The van der Waals surface area contributed by atoms with Crippen LogP contribution in [-0.4, -0.2) is 34.5 Å². The van der Waals surface area contributed by atoms with Gasteiger partial charge in [-0.3, -0.25) is 0 Å². The number of hydrogen-bond donors (Lipinski definition) is 0. The fourth-order valence-corrected chi connectivity index (χ4v) is 3.65. The highest BCUT2D eigenvalue weighted by Crippen LogP contribution is 2.37. The maximum Gasteiger partial charge on any atom is 0.497 e. The highest BCUT2D eigenvalue weighted by Gasteiger charge is 2.52. The average molecular weight is 432 g/mol. The summed E-state index contributed by atoms with van der Waals surface area (Å²) in [4.78, 5) is 4.44. The van der Waals surface area contributed by atoms with E-state index in [1.807, 2.05) is 32.3 Å². The van der Waals surface area contributed by atoms with Crippen LogP contribution >= 0.6 is 0 Å². The lowest BCUT2D eigenvalue weighted by Gasteiger charge is -2.32. The zero-order chi connectivity index (χ0) is 22.6. The molecule has 0 bridgehead atoms. The number of fused-ring (bicyclic) bond motifs is 1. The molecule has 1 aromatic heterocycles. The number of ether oxygens (including phenoxy) is 1. The molecule has 1 saturated heterocycles. The molecule has 0 unspecified atom stereocenters. The second-order valence-corrected chi connectivity index (χ2v) is 8.68. The summed E-state index contributed by atoms with van der Waals surface area (Å²) in [7, 11) is -0.868. The van der Waals surface area contributed by atoms with Crippen molar-refractivity contribution in [2.45, 2.75) is 59.0 Å². The third-order valence-corrected chi connectivity index (χ3v) is 6.08. The van der Waals surface area contributed by atoms with Gasteiger partial charge in [0.25, 0.3) is 0 Å². The number of imidazole rings is 1. The molecule has 2 aromatic carbocycles. The van der Waals surface area contributed by atoms with Gasteiger partial charge in [-0.05, 0) is 46.8 Å². The van der Waals surface area contributed by atoms with Gasteiger partial charge in [0.1, 0.15) is 17.4 Å². The van der Waals surface area contributed by atoms with Crippen molar-refractivity contribution in [3.8, 4) is 5.75 Å². The van der Waals surface area contributed by atoms with Crippen LogP contribution in [0.2, 0.25) is 0 Å². The summed E-state index contributed by atoms with van der Waals surface area (Å²) in [5.74, 6) is 0.233. The van der Waals surface area contributed by atoms with E-state index in [2.05, 4.69) is 9.72 Å². The summed E-state index contributed by atoms with van der Waals surface area (Å²) < 4.78 is 59.0. The number of para-hydroxylation sites is 1. The minimum absolute atomic E-state index is 0.0899. The predicted molar refractivity (Wildman–Crippen MR) is 112 cm³/mol. The van der Waals surface area contributed by atoms with Crippen LogP contribution in [0.5, 0.6) is 5.75 Å². The molecule has 1 aliphatic rings. The summed E-state index contributed by atoms with van der Waals surface area (Å²) >= 11 is 0. The molecule has 0 radical (unpaired) electrons. The summed E-state index contributed by atoms with van der Waals surface area (Å²) in [5.41, 5.74) is 0.718. The first-order valence-corrected chi connectivity index (χ1v) is 10.0. The second-order valence-electron chi connectivity index (χ2n) is 8.68. The molecule has 5 nitrogen and oxygen atoms in total. The van der Waals surface area contributed by atoms with E-state index in [0.717, 1.165) is 0 Å². The van der Waals surface area contributed by atoms with Gasteiger partial charge in [-0.25, -0.2) is 9.37 Å². The minimum Gasteiger partial charge on any atom is -0.434 e. The first-order valence-electron chi connectivity index (χ1n) is 10.0. The Bertz CT molecular complexity index is 1110. The van der Waals surface area contributed by atoms with Gasteiger partial charge in [0.15, 0.2) is 0 Å². The number of benzene rings is 2. The monoisotopic (exact) mass is 432 g/mol. The van der Waals surface area contributed by atoms with Crippen molar-refractivity contribution in [1.29, 1.82) is 0 Å². The van der Waals surface area contributed by atoms with Gasteiger partial charge in [0.05, 0.1) is 28.8 Å². The third-order valence-electron chi connectivity index (χ3n) is 6.08. The molecule has 0 N–H and O–H groups in total. The van der Waals surface area contributed by atoms with Crippen LogP contribution in [0.1, 0.15) is 39.1 Å². The van der Waals surface area contributed by atoms with Gasteiger partial charge >= 0.3 is 13.7 Å². The maximum atomic E-state index is 14.9. The maximum absolute atomic E-state index is 14.9. The van der Waals surface area contributed by atoms with E-state index in [-0.39, 0.29) is 17.8 Å². The van der Waals surface area contributed by atoms with Crippen molar-refractivity contribution in [3.05, 3.63) is 53.6 Å².